The van der Waals surface area contributed by atoms with E-state index in [-0.39, 0.29) is 5.56 Å². The molecule has 0 bridgehead atoms. The summed E-state index contributed by atoms with van der Waals surface area (Å²) in [5, 5.41) is 5.70. The molecule has 1 rings (SSSR count). The van der Waals surface area contributed by atoms with Crippen LogP contribution in [-0.4, -0.2) is 17.2 Å². The highest BCUT2D eigenvalue weighted by Crippen LogP contribution is 2.25. The Balaban J connectivity index is 2.65. The van der Waals surface area contributed by atoms with Gasteiger partial charge in [0.25, 0.3) is 5.91 Å². The first-order valence-corrected chi connectivity index (χ1v) is 5.15. The van der Waals surface area contributed by atoms with Crippen molar-refractivity contribution < 1.29 is 22.5 Å². The third-order valence-corrected chi connectivity index (χ3v) is 2.13. The number of aromatic nitrogens is 1. The quantitative estimate of drug-likeness (QED) is 0.857. The Morgan fingerprint density at radius 1 is 1.53 bits per heavy atom. The van der Waals surface area contributed by atoms with Gasteiger partial charge in [0.05, 0.1) is 11.8 Å². The van der Waals surface area contributed by atoms with E-state index in [1.54, 1.807) is 6.92 Å². The minimum Gasteiger partial charge on any atom is -0.361 e. The lowest BCUT2D eigenvalue weighted by atomic mass is 10.2. The zero-order valence-electron chi connectivity index (χ0n) is 9.99. The van der Waals surface area contributed by atoms with Gasteiger partial charge in [-0.2, -0.15) is 13.2 Å². The lowest BCUT2D eigenvalue weighted by Gasteiger charge is -2.05. The zero-order valence-corrected chi connectivity index (χ0v) is 9.99. The summed E-state index contributed by atoms with van der Waals surface area (Å²) in [6, 6.07) is 0. The molecule has 0 aliphatic rings. The number of amides is 1. The van der Waals surface area contributed by atoms with E-state index >= 15 is 0 Å². The van der Waals surface area contributed by atoms with Gasteiger partial charge in [-0.25, -0.2) is 0 Å². The second kappa shape index (κ2) is 6.03. The maximum Gasteiger partial charge on any atom is 0.416 e. The number of nitrogens with zero attached hydrogens (tertiary/aromatic N) is 1. The third kappa shape index (κ3) is 4.13. The number of hydrogen-bond acceptors (Lipinski definition) is 3. The first-order valence-electron chi connectivity index (χ1n) is 5.15. The van der Waals surface area contributed by atoms with Crippen LogP contribution in [0.2, 0.25) is 0 Å². The lowest BCUT2D eigenvalue weighted by Crippen LogP contribution is -2.17. The first-order chi connectivity index (χ1) is 8.86. The molecule has 0 aliphatic heterocycles. The summed E-state index contributed by atoms with van der Waals surface area (Å²) in [6.45, 7) is 4.61. The van der Waals surface area contributed by atoms with E-state index < -0.39 is 17.7 Å². The van der Waals surface area contributed by atoms with E-state index in [0.29, 0.717) is 11.8 Å². The van der Waals surface area contributed by atoms with Crippen molar-refractivity contribution in [3.05, 3.63) is 54.1 Å². The molecular weight excluding hydrogens is 261 g/mol. The third-order valence-electron chi connectivity index (χ3n) is 2.13. The van der Waals surface area contributed by atoms with Crippen molar-refractivity contribution in [1.29, 1.82) is 0 Å². The van der Waals surface area contributed by atoms with E-state index in [4.69, 9.17) is 0 Å². The summed E-state index contributed by atoms with van der Waals surface area (Å²) in [7, 11) is 0. The van der Waals surface area contributed by atoms with Gasteiger partial charge in [-0.3, -0.25) is 4.79 Å². The molecule has 1 N–H and O–H groups in total. The van der Waals surface area contributed by atoms with Crippen LogP contribution >= 0.6 is 0 Å². The largest absolute Gasteiger partial charge is 0.416 e. The standard InChI is InChI=1S/C12H11F3N2O2/c1-3-9(12(13,14)15)5-4-6-16-11(18)10-7-17-19-8(10)2/h3-7H,1H2,2H3,(H,16,18)/b6-4+,9-5+. The van der Waals surface area contributed by atoms with E-state index in [1.807, 2.05) is 0 Å². The van der Waals surface area contributed by atoms with Crippen LogP contribution in [0.1, 0.15) is 16.1 Å². The molecule has 1 aromatic heterocycles. The molecule has 102 valence electrons. The number of halogens is 3. The minimum atomic E-state index is -4.47. The highest BCUT2D eigenvalue weighted by atomic mass is 19.4. The zero-order chi connectivity index (χ0) is 14.5. The normalized spacial score (nSPS) is 12.7. The fraction of sp³-hybridized carbons (Fsp3) is 0.167. The highest BCUT2D eigenvalue weighted by molar-refractivity contribution is 5.95. The van der Waals surface area contributed by atoms with E-state index in [1.165, 1.54) is 6.20 Å². The predicted octanol–water partition coefficient (Wildman–Crippen LogP) is 2.90. The van der Waals surface area contributed by atoms with Gasteiger partial charge in [0.1, 0.15) is 11.3 Å². The molecular formula is C12H11F3N2O2. The van der Waals surface area contributed by atoms with Gasteiger partial charge in [-0.1, -0.05) is 17.8 Å². The highest BCUT2D eigenvalue weighted by Gasteiger charge is 2.30. The van der Waals surface area contributed by atoms with Gasteiger partial charge >= 0.3 is 6.18 Å². The summed E-state index contributed by atoms with van der Waals surface area (Å²) in [6.07, 6.45) is 0.389. The molecule has 0 unspecified atom stereocenters. The molecule has 1 amide bonds. The van der Waals surface area contributed by atoms with Crippen molar-refractivity contribution in [2.75, 3.05) is 0 Å². The average molecular weight is 272 g/mol. The molecule has 0 aromatic carbocycles. The molecule has 1 aromatic rings. The fourth-order valence-corrected chi connectivity index (χ4v) is 1.15. The van der Waals surface area contributed by atoms with Crippen LogP contribution in [0.15, 0.2) is 47.3 Å². The van der Waals surface area contributed by atoms with Crippen molar-refractivity contribution in [1.82, 2.24) is 10.5 Å². The molecule has 1 heterocycles. The van der Waals surface area contributed by atoms with Gasteiger partial charge < -0.3 is 9.84 Å². The molecule has 0 aliphatic carbocycles. The van der Waals surface area contributed by atoms with Crippen molar-refractivity contribution in [2.24, 2.45) is 0 Å². The molecule has 0 saturated carbocycles. The summed E-state index contributed by atoms with van der Waals surface area (Å²) in [5.41, 5.74) is -0.687. The van der Waals surface area contributed by atoms with Gasteiger partial charge in [0, 0.05) is 6.20 Å². The van der Waals surface area contributed by atoms with Crippen molar-refractivity contribution in [3.63, 3.8) is 0 Å². The first kappa shape index (κ1) is 14.7. The SMILES string of the molecule is C=C/C(=C\C=C\NC(=O)c1cnoc1C)C(F)(F)F. The van der Waals surface area contributed by atoms with Crippen LogP contribution in [0.5, 0.6) is 0 Å². The van der Waals surface area contributed by atoms with Gasteiger partial charge in [0.2, 0.25) is 0 Å². The minimum absolute atomic E-state index is 0.216. The number of hydrogen-bond donors (Lipinski definition) is 1. The van der Waals surface area contributed by atoms with Crippen LogP contribution in [0.3, 0.4) is 0 Å². The fourth-order valence-electron chi connectivity index (χ4n) is 1.15. The second-order valence-electron chi connectivity index (χ2n) is 3.45. The number of nitrogens with one attached hydrogen (secondary N) is 1. The smallest absolute Gasteiger partial charge is 0.361 e. The molecule has 0 spiro atoms. The Labute approximate surface area is 107 Å². The Morgan fingerprint density at radius 2 is 2.21 bits per heavy atom. The Kier molecular flexibility index (Phi) is 4.68. The van der Waals surface area contributed by atoms with Crippen LogP contribution in [-0.2, 0) is 0 Å². The molecule has 0 saturated heterocycles. The molecule has 7 heteroatoms. The number of alkyl halides is 3. The van der Waals surface area contributed by atoms with Crippen LogP contribution < -0.4 is 5.32 Å². The Morgan fingerprint density at radius 3 is 2.68 bits per heavy atom. The topological polar surface area (TPSA) is 55.1 Å². The molecule has 4 nitrogen and oxygen atoms in total. The van der Waals surface area contributed by atoms with Gasteiger partial charge in [-0.15, -0.1) is 0 Å². The van der Waals surface area contributed by atoms with Crippen molar-refractivity contribution in [3.8, 4) is 0 Å². The average Bonchev–Trinajstić information content (AvgIpc) is 2.73. The number of aryl methyl sites for hydroxylation is 1. The summed E-state index contributed by atoms with van der Waals surface area (Å²) < 4.78 is 41.6. The van der Waals surface area contributed by atoms with Crippen LogP contribution in [0.25, 0.3) is 0 Å². The van der Waals surface area contributed by atoms with E-state index in [9.17, 15) is 18.0 Å². The van der Waals surface area contributed by atoms with Gasteiger partial charge in [-0.05, 0) is 19.1 Å². The maximum atomic E-state index is 12.3. The molecule has 0 radical (unpaired) electrons. The number of carbonyl (C=O) groups excluding carboxylic acids is 1. The number of allylic oxidation sites excluding steroid dienone is 4. The molecule has 19 heavy (non-hydrogen) atoms. The van der Waals surface area contributed by atoms with Crippen molar-refractivity contribution in [2.45, 2.75) is 13.1 Å². The predicted molar refractivity (Wildman–Crippen MR) is 62.2 cm³/mol. The summed E-state index contributed by atoms with van der Waals surface area (Å²) >= 11 is 0. The molecule has 0 atom stereocenters. The summed E-state index contributed by atoms with van der Waals surface area (Å²) in [5.74, 6) is -0.195. The number of carbonyl (C=O) groups is 1. The van der Waals surface area contributed by atoms with E-state index in [0.717, 1.165) is 18.4 Å². The van der Waals surface area contributed by atoms with Crippen LogP contribution in [0, 0.1) is 6.92 Å². The number of rotatable bonds is 4. The van der Waals surface area contributed by atoms with Crippen molar-refractivity contribution >= 4 is 5.91 Å². The van der Waals surface area contributed by atoms with Gasteiger partial charge in [0.15, 0.2) is 0 Å². The summed E-state index contributed by atoms with van der Waals surface area (Å²) in [4.78, 5) is 11.5. The second-order valence-corrected chi connectivity index (χ2v) is 3.45. The Hall–Kier alpha value is -2.31. The lowest BCUT2D eigenvalue weighted by molar-refractivity contribution is -0.0881. The van der Waals surface area contributed by atoms with E-state index in [2.05, 4.69) is 21.6 Å². The molecule has 0 fully saturated rings. The van der Waals surface area contributed by atoms with Crippen LogP contribution in [0.4, 0.5) is 13.2 Å². The Bertz CT molecular complexity index is 527. The maximum absolute atomic E-state index is 12.3. The monoisotopic (exact) mass is 272 g/mol.